The van der Waals surface area contributed by atoms with Gasteiger partial charge < -0.3 is 4.90 Å². The number of hydrogen-bond donors (Lipinski definition) is 0. The molecule has 3 nitrogen and oxygen atoms in total. The topological polar surface area (TPSA) is 29.0 Å². The SMILES string of the molecule is CCc1nc(Br)cc(N(C)Cc2ccc(F)cc2)n1. The predicted octanol–water partition coefficient (Wildman–Crippen LogP) is 3.58. The first kappa shape index (κ1) is 13.9. The standard InChI is InChI=1S/C14H15BrFN3/c1-3-13-17-12(15)8-14(18-13)19(2)9-10-4-6-11(16)7-5-10/h4-8H,3,9H2,1-2H3. The maximum Gasteiger partial charge on any atom is 0.133 e. The molecule has 0 unspecified atom stereocenters. The van der Waals surface area contributed by atoms with Gasteiger partial charge in [0, 0.05) is 26.1 Å². The summed E-state index contributed by atoms with van der Waals surface area (Å²) in [6, 6.07) is 8.38. The molecule has 0 aliphatic carbocycles. The fourth-order valence-corrected chi connectivity index (χ4v) is 2.16. The van der Waals surface area contributed by atoms with Gasteiger partial charge in [-0.3, -0.25) is 0 Å². The molecule has 0 radical (unpaired) electrons. The normalized spacial score (nSPS) is 10.5. The van der Waals surface area contributed by atoms with Crippen molar-refractivity contribution in [1.82, 2.24) is 9.97 Å². The summed E-state index contributed by atoms with van der Waals surface area (Å²) in [6.45, 7) is 2.69. The molecule has 2 aromatic rings. The Bertz CT molecular complexity index is 557. The second kappa shape index (κ2) is 6.10. The van der Waals surface area contributed by atoms with Crippen molar-refractivity contribution in [3.05, 3.63) is 52.1 Å². The molecule has 0 spiro atoms. The first-order chi connectivity index (χ1) is 9.08. The molecule has 0 amide bonds. The van der Waals surface area contributed by atoms with E-state index in [0.717, 1.165) is 28.2 Å². The lowest BCUT2D eigenvalue weighted by atomic mass is 10.2. The van der Waals surface area contributed by atoms with Crippen LogP contribution in [0.25, 0.3) is 0 Å². The second-order valence-corrected chi connectivity index (χ2v) is 5.11. The highest BCUT2D eigenvalue weighted by atomic mass is 79.9. The molecular weight excluding hydrogens is 309 g/mol. The number of nitrogens with zero attached hydrogens (tertiary/aromatic N) is 3. The smallest absolute Gasteiger partial charge is 0.133 e. The van der Waals surface area contributed by atoms with E-state index in [9.17, 15) is 4.39 Å². The molecular formula is C14H15BrFN3. The van der Waals surface area contributed by atoms with Gasteiger partial charge in [0.1, 0.15) is 22.1 Å². The average Bonchev–Trinajstić information content (AvgIpc) is 2.40. The van der Waals surface area contributed by atoms with E-state index in [2.05, 4.69) is 25.9 Å². The lowest BCUT2D eigenvalue weighted by Crippen LogP contribution is -2.18. The van der Waals surface area contributed by atoms with Gasteiger partial charge in [0.2, 0.25) is 0 Å². The summed E-state index contributed by atoms with van der Waals surface area (Å²) >= 11 is 3.39. The summed E-state index contributed by atoms with van der Waals surface area (Å²) < 4.78 is 13.6. The van der Waals surface area contributed by atoms with Crippen LogP contribution in [-0.4, -0.2) is 17.0 Å². The number of benzene rings is 1. The van der Waals surface area contributed by atoms with E-state index in [-0.39, 0.29) is 5.82 Å². The van der Waals surface area contributed by atoms with Gasteiger partial charge in [-0.15, -0.1) is 0 Å². The molecule has 0 fully saturated rings. The van der Waals surface area contributed by atoms with Crippen molar-refractivity contribution in [3.63, 3.8) is 0 Å². The van der Waals surface area contributed by atoms with Crippen molar-refractivity contribution in [2.24, 2.45) is 0 Å². The Morgan fingerprint density at radius 2 is 1.89 bits per heavy atom. The van der Waals surface area contributed by atoms with Gasteiger partial charge in [0.05, 0.1) is 0 Å². The third-order valence-electron chi connectivity index (χ3n) is 2.77. The van der Waals surface area contributed by atoms with Crippen LogP contribution in [0.5, 0.6) is 0 Å². The summed E-state index contributed by atoms with van der Waals surface area (Å²) in [5.74, 6) is 1.43. The fourth-order valence-electron chi connectivity index (χ4n) is 1.75. The minimum absolute atomic E-state index is 0.218. The monoisotopic (exact) mass is 323 g/mol. The van der Waals surface area contributed by atoms with E-state index in [1.54, 1.807) is 12.1 Å². The van der Waals surface area contributed by atoms with Crippen LogP contribution >= 0.6 is 15.9 Å². The van der Waals surface area contributed by atoms with E-state index in [0.29, 0.717) is 6.54 Å². The van der Waals surface area contributed by atoms with Crippen molar-refractivity contribution in [1.29, 1.82) is 0 Å². The van der Waals surface area contributed by atoms with E-state index in [1.165, 1.54) is 12.1 Å². The highest BCUT2D eigenvalue weighted by Crippen LogP contribution is 2.18. The molecule has 0 saturated heterocycles. The second-order valence-electron chi connectivity index (χ2n) is 4.30. The third kappa shape index (κ3) is 3.73. The first-order valence-corrected chi connectivity index (χ1v) is 6.87. The Kier molecular flexibility index (Phi) is 4.47. The number of hydrogen-bond acceptors (Lipinski definition) is 3. The number of anilines is 1. The summed E-state index contributed by atoms with van der Waals surface area (Å²) in [7, 11) is 1.96. The third-order valence-corrected chi connectivity index (χ3v) is 3.17. The predicted molar refractivity (Wildman–Crippen MR) is 77.6 cm³/mol. The molecule has 0 aliphatic heterocycles. The van der Waals surface area contributed by atoms with Gasteiger partial charge in [-0.05, 0) is 33.6 Å². The minimum Gasteiger partial charge on any atom is -0.355 e. The van der Waals surface area contributed by atoms with Crippen molar-refractivity contribution in [2.45, 2.75) is 19.9 Å². The Labute approximate surface area is 120 Å². The van der Waals surface area contributed by atoms with Gasteiger partial charge in [-0.25, -0.2) is 14.4 Å². The molecule has 100 valence electrons. The fraction of sp³-hybridized carbons (Fsp3) is 0.286. The van der Waals surface area contributed by atoms with E-state index in [4.69, 9.17) is 0 Å². The lowest BCUT2D eigenvalue weighted by molar-refractivity contribution is 0.627. The van der Waals surface area contributed by atoms with Crippen LogP contribution in [0.3, 0.4) is 0 Å². The van der Waals surface area contributed by atoms with Crippen LogP contribution in [0.1, 0.15) is 18.3 Å². The zero-order chi connectivity index (χ0) is 13.8. The lowest BCUT2D eigenvalue weighted by Gasteiger charge is -2.19. The van der Waals surface area contributed by atoms with Gasteiger partial charge in [-0.2, -0.15) is 0 Å². The van der Waals surface area contributed by atoms with Crippen LogP contribution in [-0.2, 0) is 13.0 Å². The molecule has 0 bridgehead atoms. The Morgan fingerprint density at radius 1 is 1.21 bits per heavy atom. The first-order valence-electron chi connectivity index (χ1n) is 6.07. The molecule has 1 heterocycles. The quantitative estimate of drug-likeness (QED) is 0.805. The molecule has 0 atom stereocenters. The molecule has 0 saturated carbocycles. The van der Waals surface area contributed by atoms with Gasteiger partial charge in [-0.1, -0.05) is 19.1 Å². The summed E-state index contributed by atoms with van der Waals surface area (Å²) in [5.41, 5.74) is 1.04. The zero-order valence-corrected chi connectivity index (χ0v) is 12.5. The molecule has 0 N–H and O–H groups in total. The van der Waals surface area contributed by atoms with Crippen molar-refractivity contribution < 1.29 is 4.39 Å². The van der Waals surface area contributed by atoms with Gasteiger partial charge in [0.15, 0.2) is 0 Å². The number of aromatic nitrogens is 2. The van der Waals surface area contributed by atoms with Crippen LogP contribution in [0.2, 0.25) is 0 Å². The van der Waals surface area contributed by atoms with E-state index < -0.39 is 0 Å². The van der Waals surface area contributed by atoms with Crippen molar-refractivity contribution in [3.8, 4) is 0 Å². The minimum atomic E-state index is -0.218. The van der Waals surface area contributed by atoms with Crippen molar-refractivity contribution in [2.75, 3.05) is 11.9 Å². The molecule has 2 rings (SSSR count). The number of rotatable bonds is 4. The maximum atomic E-state index is 12.9. The number of halogens is 2. The Morgan fingerprint density at radius 3 is 2.53 bits per heavy atom. The molecule has 1 aromatic heterocycles. The van der Waals surface area contributed by atoms with Gasteiger partial charge in [0.25, 0.3) is 0 Å². The average molecular weight is 324 g/mol. The molecule has 1 aromatic carbocycles. The Hall–Kier alpha value is -1.49. The Balaban J connectivity index is 2.17. The zero-order valence-electron chi connectivity index (χ0n) is 10.9. The molecule has 19 heavy (non-hydrogen) atoms. The van der Waals surface area contributed by atoms with Crippen LogP contribution in [0, 0.1) is 5.82 Å². The largest absolute Gasteiger partial charge is 0.355 e. The van der Waals surface area contributed by atoms with Crippen molar-refractivity contribution >= 4 is 21.7 Å². The number of aryl methyl sites for hydroxylation is 1. The van der Waals surface area contributed by atoms with E-state index >= 15 is 0 Å². The summed E-state index contributed by atoms with van der Waals surface area (Å²) in [5, 5.41) is 0. The van der Waals surface area contributed by atoms with E-state index in [1.807, 2.05) is 24.9 Å². The summed E-state index contributed by atoms with van der Waals surface area (Å²) in [4.78, 5) is 10.8. The highest BCUT2D eigenvalue weighted by molar-refractivity contribution is 9.10. The molecule has 0 aliphatic rings. The van der Waals surface area contributed by atoms with Crippen LogP contribution in [0.4, 0.5) is 10.2 Å². The molecule has 5 heteroatoms. The van der Waals surface area contributed by atoms with Gasteiger partial charge >= 0.3 is 0 Å². The maximum absolute atomic E-state index is 12.9. The summed E-state index contributed by atoms with van der Waals surface area (Å²) in [6.07, 6.45) is 0.789. The highest BCUT2D eigenvalue weighted by Gasteiger charge is 2.07. The van der Waals surface area contributed by atoms with Crippen LogP contribution < -0.4 is 4.90 Å². The van der Waals surface area contributed by atoms with Crippen LogP contribution in [0.15, 0.2) is 34.9 Å².